The highest BCUT2D eigenvalue weighted by atomic mass is 19.1. The number of aliphatic hydroxyl groups is 3. The highest BCUT2D eigenvalue weighted by Crippen LogP contribution is 2.32. The Bertz CT molecular complexity index is 880. The number of aryl methyl sites for hydroxylation is 2. The van der Waals surface area contributed by atoms with Crippen LogP contribution in [-0.4, -0.2) is 45.6 Å². The van der Waals surface area contributed by atoms with Gasteiger partial charge in [0.15, 0.2) is 0 Å². The molecule has 2 unspecified atom stereocenters. The molecule has 0 radical (unpaired) electrons. The lowest BCUT2D eigenvalue weighted by Gasteiger charge is -2.17. The van der Waals surface area contributed by atoms with Crippen molar-refractivity contribution in [1.82, 2.24) is 4.98 Å². The zero-order valence-electron chi connectivity index (χ0n) is 16.7. The molecule has 2 aromatic rings. The number of pyridine rings is 1. The van der Waals surface area contributed by atoms with Gasteiger partial charge in [-0.3, -0.25) is 9.78 Å². The second kappa shape index (κ2) is 10.2. The molecule has 0 aliphatic carbocycles. The first-order valence-electron chi connectivity index (χ1n) is 9.24. The van der Waals surface area contributed by atoms with Crippen LogP contribution in [0.4, 0.5) is 4.39 Å². The van der Waals surface area contributed by atoms with E-state index in [2.05, 4.69) is 9.72 Å². The number of esters is 1. The Kier molecular flexibility index (Phi) is 8.01. The summed E-state index contributed by atoms with van der Waals surface area (Å²) in [6, 6.07) is 5.92. The van der Waals surface area contributed by atoms with E-state index in [1.54, 1.807) is 32.1 Å². The maximum Gasteiger partial charge on any atom is 0.308 e. The van der Waals surface area contributed by atoms with Gasteiger partial charge in [-0.05, 0) is 37.1 Å². The number of ether oxygens (including phenoxy) is 1. The molecule has 1 heterocycles. The fourth-order valence-corrected chi connectivity index (χ4v) is 3.17. The van der Waals surface area contributed by atoms with Crippen molar-refractivity contribution in [2.45, 2.75) is 45.5 Å². The fourth-order valence-electron chi connectivity index (χ4n) is 3.17. The average molecular weight is 403 g/mol. The van der Waals surface area contributed by atoms with E-state index >= 15 is 0 Å². The van der Waals surface area contributed by atoms with Gasteiger partial charge in [0, 0.05) is 28.9 Å². The molecule has 7 heteroatoms. The summed E-state index contributed by atoms with van der Waals surface area (Å²) in [6.45, 7) is 3.35. The lowest BCUT2D eigenvalue weighted by Crippen LogP contribution is -2.20. The van der Waals surface area contributed by atoms with E-state index in [1.165, 1.54) is 25.3 Å². The van der Waals surface area contributed by atoms with Gasteiger partial charge in [0.25, 0.3) is 0 Å². The summed E-state index contributed by atoms with van der Waals surface area (Å²) in [5.74, 6) is -0.924. The molecule has 3 N–H and O–H groups in total. The van der Waals surface area contributed by atoms with E-state index in [-0.39, 0.29) is 25.3 Å². The summed E-state index contributed by atoms with van der Waals surface area (Å²) in [7, 11) is 1.23. The van der Waals surface area contributed by atoms with Crippen molar-refractivity contribution in [2.75, 3.05) is 7.11 Å². The number of carbonyl (C=O) groups excluding carboxylic acids is 1. The summed E-state index contributed by atoms with van der Waals surface area (Å²) in [6.07, 6.45) is 0.867. The molecule has 0 saturated heterocycles. The minimum absolute atomic E-state index is 0.0390. The van der Waals surface area contributed by atoms with Crippen LogP contribution in [0.15, 0.2) is 30.3 Å². The highest BCUT2D eigenvalue weighted by molar-refractivity contribution is 5.79. The van der Waals surface area contributed by atoms with Crippen molar-refractivity contribution in [3.05, 3.63) is 58.7 Å². The third-order valence-electron chi connectivity index (χ3n) is 4.65. The van der Waals surface area contributed by atoms with Crippen LogP contribution in [0.5, 0.6) is 0 Å². The van der Waals surface area contributed by atoms with Crippen molar-refractivity contribution in [3.8, 4) is 11.1 Å². The SMILES string of the molecule is COC(=O)CC(O)CC(O)C=Cc1c(C)nc(C)c(CO)c1-c1ccc(F)cc1. The van der Waals surface area contributed by atoms with Crippen LogP contribution < -0.4 is 0 Å². The van der Waals surface area contributed by atoms with Gasteiger partial charge in [-0.2, -0.15) is 0 Å². The zero-order valence-corrected chi connectivity index (χ0v) is 16.7. The van der Waals surface area contributed by atoms with Crippen LogP contribution in [0, 0.1) is 19.7 Å². The first kappa shape index (κ1) is 22.7. The molecule has 0 fully saturated rings. The van der Waals surface area contributed by atoms with Crippen molar-refractivity contribution in [2.24, 2.45) is 0 Å². The van der Waals surface area contributed by atoms with E-state index in [9.17, 15) is 24.5 Å². The molecule has 2 rings (SSSR count). The van der Waals surface area contributed by atoms with Gasteiger partial charge in [-0.1, -0.05) is 24.3 Å². The number of benzene rings is 1. The monoisotopic (exact) mass is 403 g/mol. The number of carbonyl (C=O) groups is 1. The van der Waals surface area contributed by atoms with E-state index in [1.807, 2.05) is 0 Å². The predicted octanol–water partition coefficient (Wildman–Crippen LogP) is 2.69. The van der Waals surface area contributed by atoms with Gasteiger partial charge in [0.05, 0.1) is 32.3 Å². The highest BCUT2D eigenvalue weighted by Gasteiger charge is 2.17. The Hall–Kier alpha value is -2.61. The third kappa shape index (κ3) is 5.93. The maximum absolute atomic E-state index is 13.4. The summed E-state index contributed by atoms with van der Waals surface area (Å²) in [5, 5.41) is 30.0. The number of aromatic nitrogens is 1. The Balaban J connectivity index is 2.37. The average Bonchev–Trinajstić information content (AvgIpc) is 2.67. The number of halogens is 1. The minimum atomic E-state index is -1.04. The van der Waals surface area contributed by atoms with Gasteiger partial charge >= 0.3 is 5.97 Å². The molecule has 0 amide bonds. The number of rotatable bonds is 8. The van der Waals surface area contributed by atoms with Crippen molar-refractivity contribution >= 4 is 12.0 Å². The van der Waals surface area contributed by atoms with Crippen LogP contribution in [0.2, 0.25) is 0 Å². The number of hydrogen-bond acceptors (Lipinski definition) is 6. The molecule has 2 atom stereocenters. The number of nitrogens with zero attached hydrogens (tertiary/aromatic N) is 1. The Morgan fingerprint density at radius 3 is 2.45 bits per heavy atom. The number of aliphatic hydroxyl groups excluding tert-OH is 3. The largest absolute Gasteiger partial charge is 0.469 e. The zero-order chi connectivity index (χ0) is 21.6. The second-order valence-electron chi connectivity index (χ2n) is 6.81. The molecule has 29 heavy (non-hydrogen) atoms. The van der Waals surface area contributed by atoms with Crippen molar-refractivity contribution < 1.29 is 29.2 Å². The number of hydrogen-bond donors (Lipinski definition) is 3. The normalized spacial score (nSPS) is 13.5. The van der Waals surface area contributed by atoms with E-state index < -0.39 is 18.2 Å². The van der Waals surface area contributed by atoms with E-state index in [0.29, 0.717) is 33.6 Å². The van der Waals surface area contributed by atoms with Crippen molar-refractivity contribution in [3.63, 3.8) is 0 Å². The molecule has 0 spiro atoms. The molecule has 156 valence electrons. The molecular weight excluding hydrogens is 377 g/mol. The van der Waals surface area contributed by atoms with E-state index in [4.69, 9.17) is 0 Å². The van der Waals surface area contributed by atoms with Gasteiger partial charge in [0.1, 0.15) is 5.82 Å². The summed E-state index contributed by atoms with van der Waals surface area (Å²) in [4.78, 5) is 15.7. The van der Waals surface area contributed by atoms with Crippen LogP contribution in [0.1, 0.15) is 35.4 Å². The summed E-state index contributed by atoms with van der Waals surface area (Å²) >= 11 is 0. The molecule has 1 aromatic carbocycles. The molecule has 0 bridgehead atoms. The molecule has 1 aromatic heterocycles. The summed E-state index contributed by atoms with van der Waals surface area (Å²) in [5.41, 5.74) is 4.04. The molecule has 0 aliphatic rings. The lowest BCUT2D eigenvalue weighted by molar-refractivity contribution is -0.143. The standard InChI is InChI=1S/C22H26FNO5/c1-13-19(9-8-17(26)10-18(27)11-21(28)29-3)22(20(12-25)14(2)24-13)15-4-6-16(23)7-5-15/h4-9,17-18,25-27H,10-12H2,1-3H3. The Morgan fingerprint density at radius 2 is 1.86 bits per heavy atom. The fraction of sp³-hybridized carbons (Fsp3) is 0.364. The molecule has 6 nitrogen and oxygen atoms in total. The topological polar surface area (TPSA) is 99.9 Å². The molecule has 0 saturated carbocycles. The van der Waals surface area contributed by atoms with Gasteiger partial charge in [-0.15, -0.1) is 0 Å². The first-order valence-corrected chi connectivity index (χ1v) is 9.24. The van der Waals surface area contributed by atoms with Gasteiger partial charge < -0.3 is 20.1 Å². The van der Waals surface area contributed by atoms with E-state index in [0.717, 1.165) is 0 Å². The minimum Gasteiger partial charge on any atom is -0.469 e. The van der Waals surface area contributed by atoms with Gasteiger partial charge in [0.2, 0.25) is 0 Å². The maximum atomic E-state index is 13.4. The van der Waals surface area contributed by atoms with Crippen LogP contribution >= 0.6 is 0 Å². The number of methoxy groups -OCH3 is 1. The van der Waals surface area contributed by atoms with Gasteiger partial charge in [-0.25, -0.2) is 4.39 Å². The second-order valence-corrected chi connectivity index (χ2v) is 6.81. The first-order chi connectivity index (χ1) is 13.8. The molecular formula is C22H26FNO5. The Labute approximate surface area is 169 Å². The quantitative estimate of drug-likeness (QED) is 0.586. The van der Waals surface area contributed by atoms with Crippen molar-refractivity contribution in [1.29, 1.82) is 0 Å². The third-order valence-corrected chi connectivity index (χ3v) is 4.65. The predicted molar refractivity (Wildman–Crippen MR) is 107 cm³/mol. The lowest BCUT2D eigenvalue weighted by atomic mass is 9.92. The Morgan fingerprint density at radius 1 is 1.21 bits per heavy atom. The smallest absolute Gasteiger partial charge is 0.308 e. The van der Waals surface area contributed by atoms with Crippen LogP contribution in [0.25, 0.3) is 17.2 Å². The van der Waals surface area contributed by atoms with Crippen LogP contribution in [-0.2, 0) is 16.1 Å². The molecule has 0 aliphatic heterocycles. The summed E-state index contributed by atoms with van der Waals surface area (Å²) < 4.78 is 17.9. The van der Waals surface area contributed by atoms with Crippen LogP contribution in [0.3, 0.4) is 0 Å².